The maximum atomic E-state index is 13.5. The Bertz CT molecular complexity index is 1340. The van der Waals surface area contributed by atoms with Gasteiger partial charge < -0.3 is 20.1 Å². The number of halogens is 5. The summed E-state index contributed by atoms with van der Waals surface area (Å²) in [4.78, 5) is 10.3. The number of anilines is 3. The molecule has 0 spiro atoms. The van der Waals surface area contributed by atoms with Crippen molar-refractivity contribution in [3.63, 3.8) is 0 Å². The van der Waals surface area contributed by atoms with Gasteiger partial charge in [-0.15, -0.1) is 0 Å². The lowest BCUT2D eigenvalue weighted by molar-refractivity contribution is -0.266. The summed E-state index contributed by atoms with van der Waals surface area (Å²) in [6.45, 7) is 0.0235. The molecule has 0 bridgehead atoms. The third-order valence-corrected chi connectivity index (χ3v) is 7.54. The van der Waals surface area contributed by atoms with Crippen molar-refractivity contribution >= 4 is 17.3 Å². The molecule has 0 unspecified atom stereocenters. The number of nitrogens with one attached hydrogen (secondary N) is 1. The molecule has 2 N–H and O–H groups in total. The fraction of sp³-hybridized carbons (Fsp3) is 0.500. The van der Waals surface area contributed by atoms with E-state index in [2.05, 4.69) is 20.4 Å². The van der Waals surface area contributed by atoms with Crippen molar-refractivity contribution in [3.8, 4) is 11.5 Å². The first-order chi connectivity index (χ1) is 18.5. The van der Waals surface area contributed by atoms with Crippen LogP contribution in [0.2, 0.25) is 0 Å². The summed E-state index contributed by atoms with van der Waals surface area (Å²) >= 11 is 0. The van der Waals surface area contributed by atoms with E-state index in [0.29, 0.717) is 34.5 Å². The SMILES string of the molecule is OC1(C(F)(F)F)CCN(c2cc(Nc3cc(Oc4cn(C5CC5)nc4C4CC(F)(F)C4)ccn3)ccn2)CC1. The molecule has 13 heteroatoms. The average molecular weight is 551 g/mol. The molecule has 3 fully saturated rings. The van der Waals surface area contributed by atoms with E-state index in [4.69, 9.17) is 4.74 Å². The van der Waals surface area contributed by atoms with Crippen molar-refractivity contribution in [2.75, 3.05) is 23.3 Å². The van der Waals surface area contributed by atoms with Gasteiger partial charge in [0.2, 0.25) is 5.92 Å². The molecule has 6 rings (SSSR count). The molecule has 208 valence electrons. The van der Waals surface area contributed by atoms with E-state index in [1.165, 1.54) is 6.20 Å². The third kappa shape index (κ3) is 5.36. The van der Waals surface area contributed by atoms with Crippen LogP contribution in [0.5, 0.6) is 11.5 Å². The molecule has 8 nitrogen and oxygen atoms in total. The summed E-state index contributed by atoms with van der Waals surface area (Å²) in [5.74, 6) is -1.20. The maximum absolute atomic E-state index is 13.5. The lowest BCUT2D eigenvalue weighted by Crippen LogP contribution is -2.53. The van der Waals surface area contributed by atoms with Crippen molar-refractivity contribution in [3.05, 3.63) is 48.5 Å². The van der Waals surface area contributed by atoms with Crippen LogP contribution in [-0.2, 0) is 0 Å². The van der Waals surface area contributed by atoms with Crippen LogP contribution in [-0.4, -0.2) is 55.6 Å². The molecule has 0 aromatic carbocycles. The smallest absolute Gasteiger partial charge is 0.417 e. The molecule has 0 radical (unpaired) electrons. The van der Waals surface area contributed by atoms with Gasteiger partial charge in [-0.05, 0) is 25.0 Å². The number of aliphatic hydroxyl groups is 1. The van der Waals surface area contributed by atoms with Gasteiger partial charge in [0.15, 0.2) is 11.4 Å². The quantitative estimate of drug-likeness (QED) is 0.352. The number of nitrogens with zero attached hydrogens (tertiary/aromatic N) is 5. The highest BCUT2D eigenvalue weighted by molar-refractivity contribution is 5.61. The summed E-state index contributed by atoms with van der Waals surface area (Å²) in [5, 5.41) is 17.6. The molecule has 39 heavy (non-hydrogen) atoms. The van der Waals surface area contributed by atoms with E-state index in [1.807, 2.05) is 0 Å². The highest BCUT2D eigenvalue weighted by atomic mass is 19.4. The van der Waals surface area contributed by atoms with Crippen molar-refractivity contribution in [2.24, 2.45) is 0 Å². The summed E-state index contributed by atoms with van der Waals surface area (Å²) in [6, 6.07) is 6.99. The first-order valence-corrected chi connectivity index (χ1v) is 12.9. The van der Waals surface area contributed by atoms with Crippen LogP contribution in [0.15, 0.2) is 42.9 Å². The average Bonchev–Trinajstić information content (AvgIpc) is 3.63. The second-order valence-electron chi connectivity index (χ2n) is 10.6. The van der Waals surface area contributed by atoms with Crippen LogP contribution in [0.4, 0.5) is 39.3 Å². The van der Waals surface area contributed by atoms with Crippen LogP contribution in [0, 0.1) is 0 Å². The van der Waals surface area contributed by atoms with Crippen molar-refractivity contribution in [1.29, 1.82) is 0 Å². The Kier molecular flexibility index (Phi) is 6.16. The van der Waals surface area contributed by atoms with Gasteiger partial charge in [0, 0.05) is 74.9 Å². The summed E-state index contributed by atoms with van der Waals surface area (Å²) in [6.07, 6.45) is 0.817. The van der Waals surface area contributed by atoms with Crippen LogP contribution >= 0.6 is 0 Å². The standard InChI is InChI=1S/C26H27F5N6O2/c27-25(28)13-16(14-25)23-20(15-37(35-23)18-1-2-18)39-19-4-8-32-21(12-19)34-17-3-7-33-22(11-17)36-9-5-24(38,6-10-36)26(29,30)31/h3-4,7-8,11-12,15-16,18,38H,1-2,5-6,9-10,13-14H2,(H,32,33,34). The van der Waals surface area contributed by atoms with Crippen LogP contribution in [0.1, 0.15) is 56.2 Å². The van der Waals surface area contributed by atoms with Gasteiger partial charge in [0.05, 0.1) is 12.2 Å². The van der Waals surface area contributed by atoms with Gasteiger partial charge in [-0.2, -0.15) is 18.3 Å². The first-order valence-electron chi connectivity index (χ1n) is 12.9. The predicted molar refractivity (Wildman–Crippen MR) is 132 cm³/mol. The Hall–Kier alpha value is -3.48. The van der Waals surface area contributed by atoms with E-state index in [1.54, 1.807) is 46.2 Å². The monoisotopic (exact) mass is 550 g/mol. The third-order valence-electron chi connectivity index (χ3n) is 7.54. The number of alkyl halides is 5. The number of pyridine rings is 2. The predicted octanol–water partition coefficient (Wildman–Crippen LogP) is 5.95. The Morgan fingerprint density at radius 3 is 2.41 bits per heavy atom. The Balaban J connectivity index is 1.14. The van der Waals surface area contributed by atoms with Gasteiger partial charge in [0.25, 0.3) is 0 Å². The van der Waals surface area contributed by atoms with Crippen LogP contribution < -0.4 is 15.0 Å². The highest BCUT2D eigenvalue weighted by Gasteiger charge is 2.54. The molecule has 0 atom stereocenters. The minimum Gasteiger partial charge on any atom is -0.454 e. The van der Waals surface area contributed by atoms with Crippen molar-refractivity contribution in [2.45, 2.75) is 68.2 Å². The minimum atomic E-state index is -4.67. The molecule has 1 aliphatic heterocycles. The van der Waals surface area contributed by atoms with Gasteiger partial charge in [0.1, 0.15) is 23.1 Å². The Morgan fingerprint density at radius 1 is 1.03 bits per heavy atom. The molecule has 3 aliphatic rings. The number of rotatable bonds is 7. The molecule has 2 aliphatic carbocycles. The van der Waals surface area contributed by atoms with Crippen molar-refractivity contribution < 1.29 is 31.8 Å². The van der Waals surface area contributed by atoms with E-state index >= 15 is 0 Å². The Labute approximate surface area is 220 Å². The van der Waals surface area contributed by atoms with Crippen LogP contribution in [0.25, 0.3) is 0 Å². The molecule has 4 heterocycles. The molecule has 0 amide bonds. The molecule has 3 aromatic heterocycles. The minimum absolute atomic E-state index is 0.0117. The number of piperidine rings is 1. The second-order valence-corrected chi connectivity index (χ2v) is 10.6. The number of aromatic nitrogens is 4. The molecular formula is C26H27F5N6O2. The van der Waals surface area contributed by atoms with Gasteiger partial charge in [-0.25, -0.2) is 18.7 Å². The summed E-state index contributed by atoms with van der Waals surface area (Å²) in [7, 11) is 0. The fourth-order valence-electron chi connectivity index (χ4n) is 5.01. The zero-order valence-corrected chi connectivity index (χ0v) is 20.8. The highest BCUT2D eigenvalue weighted by Crippen LogP contribution is 2.51. The number of hydrogen-bond donors (Lipinski definition) is 2. The van der Waals surface area contributed by atoms with E-state index < -0.39 is 30.5 Å². The van der Waals surface area contributed by atoms with E-state index in [0.717, 1.165) is 12.8 Å². The van der Waals surface area contributed by atoms with E-state index in [-0.39, 0.29) is 37.9 Å². The molecule has 1 saturated heterocycles. The normalized spacial score (nSPS) is 20.9. The topological polar surface area (TPSA) is 88.3 Å². The van der Waals surface area contributed by atoms with E-state index in [9.17, 15) is 27.1 Å². The number of ether oxygens (including phenoxy) is 1. The van der Waals surface area contributed by atoms with Gasteiger partial charge in [-0.1, -0.05) is 0 Å². The summed E-state index contributed by atoms with van der Waals surface area (Å²) in [5.41, 5.74) is -1.53. The maximum Gasteiger partial charge on any atom is 0.417 e. The number of hydrogen-bond acceptors (Lipinski definition) is 7. The Morgan fingerprint density at radius 2 is 1.74 bits per heavy atom. The zero-order valence-electron chi connectivity index (χ0n) is 20.8. The van der Waals surface area contributed by atoms with Crippen LogP contribution in [0.3, 0.4) is 0 Å². The molecular weight excluding hydrogens is 523 g/mol. The largest absolute Gasteiger partial charge is 0.454 e. The molecule has 3 aromatic rings. The van der Waals surface area contributed by atoms with Gasteiger partial charge in [-0.3, -0.25) is 4.68 Å². The lowest BCUT2D eigenvalue weighted by Gasteiger charge is -2.39. The first kappa shape index (κ1) is 25.8. The lowest BCUT2D eigenvalue weighted by atomic mass is 9.79. The fourth-order valence-corrected chi connectivity index (χ4v) is 5.01. The second kappa shape index (κ2) is 9.32. The van der Waals surface area contributed by atoms with Crippen molar-refractivity contribution in [1.82, 2.24) is 19.7 Å². The zero-order chi connectivity index (χ0) is 27.4. The summed E-state index contributed by atoms with van der Waals surface area (Å²) < 4.78 is 74.4. The van der Waals surface area contributed by atoms with Gasteiger partial charge >= 0.3 is 6.18 Å². The molecule has 2 saturated carbocycles.